The Balaban J connectivity index is 2.34. The number of hydrogen-bond acceptors (Lipinski definition) is 4. The van der Waals surface area contributed by atoms with Crippen molar-refractivity contribution in [3.8, 4) is 5.75 Å². The maximum atomic E-state index is 11.1. The molecule has 1 N–H and O–H groups in total. The van der Waals surface area contributed by atoms with Crippen molar-refractivity contribution in [1.82, 2.24) is 0 Å². The lowest BCUT2D eigenvalue weighted by molar-refractivity contribution is 0.0697. The minimum atomic E-state index is -1.07. The zero-order valence-corrected chi connectivity index (χ0v) is 10.3. The van der Waals surface area contributed by atoms with Crippen molar-refractivity contribution in [1.29, 1.82) is 0 Å². The van der Waals surface area contributed by atoms with Gasteiger partial charge in [0.1, 0.15) is 11.4 Å². The highest BCUT2D eigenvalue weighted by molar-refractivity contribution is 5.93. The van der Waals surface area contributed by atoms with E-state index in [9.17, 15) is 4.79 Å². The summed E-state index contributed by atoms with van der Waals surface area (Å²) in [7, 11) is 1.48. The van der Waals surface area contributed by atoms with E-state index < -0.39 is 5.97 Å². The Morgan fingerprint density at radius 3 is 2.47 bits per heavy atom. The number of benzene rings is 2. The SMILES string of the molecule is COc1ccc(N=Nc2ccccc2)c(C(=O)O)c1. The molecule has 19 heavy (non-hydrogen) atoms. The molecule has 0 saturated carbocycles. The molecule has 0 bridgehead atoms. The van der Waals surface area contributed by atoms with Gasteiger partial charge in [0.2, 0.25) is 0 Å². The van der Waals surface area contributed by atoms with E-state index in [0.717, 1.165) is 0 Å². The quantitative estimate of drug-likeness (QED) is 0.845. The van der Waals surface area contributed by atoms with Crippen LogP contribution in [0.15, 0.2) is 58.8 Å². The van der Waals surface area contributed by atoms with Gasteiger partial charge in [-0.25, -0.2) is 4.79 Å². The third-order valence-corrected chi connectivity index (χ3v) is 2.46. The number of hydrogen-bond donors (Lipinski definition) is 1. The minimum Gasteiger partial charge on any atom is -0.497 e. The third-order valence-electron chi connectivity index (χ3n) is 2.46. The van der Waals surface area contributed by atoms with Crippen LogP contribution in [-0.4, -0.2) is 18.2 Å². The van der Waals surface area contributed by atoms with Crippen molar-refractivity contribution >= 4 is 17.3 Å². The van der Waals surface area contributed by atoms with Crippen molar-refractivity contribution < 1.29 is 14.6 Å². The van der Waals surface area contributed by atoms with E-state index >= 15 is 0 Å². The van der Waals surface area contributed by atoms with E-state index in [1.807, 2.05) is 18.2 Å². The molecule has 0 radical (unpaired) electrons. The molecule has 0 unspecified atom stereocenters. The Bertz CT molecular complexity index is 609. The molecule has 0 saturated heterocycles. The van der Waals surface area contributed by atoms with Crippen LogP contribution in [0.1, 0.15) is 10.4 Å². The fraction of sp³-hybridized carbons (Fsp3) is 0.0714. The molecule has 0 aliphatic rings. The number of nitrogens with zero attached hydrogens (tertiary/aromatic N) is 2. The van der Waals surface area contributed by atoms with Crippen molar-refractivity contribution in [2.45, 2.75) is 0 Å². The molecule has 0 aliphatic carbocycles. The van der Waals surface area contributed by atoms with E-state index in [4.69, 9.17) is 9.84 Å². The highest BCUT2D eigenvalue weighted by Crippen LogP contribution is 2.26. The molecule has 0 aliphatic heterocycles. The summed E-state index contributed by atoms with van der Waals surface area (Å²) >= 11 is 0. The fourth-order valence-electron chi connectivity index (χ4n) is 1.51. The topological polar surface area (TPSA) is 71.2 Å². The number of carboxylic acids is 1. The zero-order valence-electron chi connectivity index (χ0n) is 10.3. The first kappa shape index (κ1) is 12.8. The summed E-state index contributed by atoms with van der Waals surface area (Å²) in [5, 5.41) is 17.1. The van der Waals surface area contributed by atoms with E-state index in [1.54, 1.807) is 24.3 Å². The van der Waals surface area contributed by atoms with Crippen LogP contribution in [0.3, 0.4) is 0 Å². The third kappa shape index (κ3) is 3.16. The average Bonchev–Trinajstić information content (AvgIpc) is 2.46. The largest absolute Gasteiger partial charge is 0.497 e. The maximum Gasteiger partial charge on any atom is 0.338 e. The molecule has 0 heterocycles. The standard InChI is InChI=1S/C14H12N2O3/c1-19-11-7-8-13(12(9-11)14(17)18)16-15-10-5-3-2-4-6-10/h2-9H,1H3,(H,17,18). The number of carbonyl (C=O) groups is 1. The van der Waals surface area contributed by atoms with E-state index in [0.29, 0.717) is 11.4 Å². The van der Waals surface area contributed by atoms with Crippen molar-refractivity contribution in [3.05, 3.63) is 54.1 Å². The van der Waals surface area contributed by atoms with Crippen LogP contribution in [0, 0.1) is 0 Å². The number of ether oxygens (including phenoxy) is 1. The fourth-order valence-corrected chi connectivity index (χ4v) is 1.51. The Hall–Kier alpha value is -2.69. The van der Waals surface area contributed by atoms with Crippen LogP contribution in [0.5, 0.6) is 5.75 Å². The smallest absolute Gasteiger partial charge is 0.338 e. The first-order chi connectivity index (χ1) is 9.20. The van der Waals surface area contributed by atoms with E-state index in [1.165, 1.54) is 13.2 Å². The summed E-state index contributed by atoms with van der Waals surface area (Å²) in [6.07, 6.45) is 0. The normalized spacial score (nSPS) is 10.6. The minimum absolute atomic E-state index is 0.0547. The number of carboxylic acid groups (broad SMARTS) is 1. The van der Waals surface area contributed by atoms with Gasteiger partial charge in [-0.15, -0.1) is 5.11 Å². The molecule has 5 nitrogen and oxygen atoms in total. The van der Waals surface area contributed by atoms with Gasteiger partial charge in [0.05, 0.1) is 18.4 Å². The van der Waals surface area contributed by atoms with Gasteiger partial charge in [0, 0.05) is 0 Å². The molecular formula is C14H12N2O3. The summed E-state index contributed by atoms with van der Waals surface area (Å²) in [4.78, 5) is 11.1. The van der Waals surface area contributed by atoms with E-state index in [2.05, 4.69) is 10.2 Å². The molecule has 2 aromatic carbocycles. The Labute approximate surface area is 110 Å². The second kappa shape index (κ2) is 5.77. The van der Waals surface area contributed by atoms with Crippen molar-refractivity contribution in [3.63, 3.8) is 0 Å². The van der Waals surface area contributed by atoms with Gasteiger partial charge in [-0.3, -0.25) is 0 Å². The predicted octanol–water partition coefficient (Wildman–Crippen LogP) is 3.81. The maximum absolute atomic E-state index is 11.1. The molecule has 0 aromatic heterocycles. The lowest BCUT2D eigenvalue weighted by Gasteiger charge is -2.03. The van der Waals surface area contributed by atoms with Gasteiger partial charge in [-0.2, -0.15) is 5.11 Å². The van der Waals surface area contributed by atoms with Crippen LogP contribution in [-0.2, 0) is 0 Å². The monoisotopic (exact) mass is 256 g/mol. The van der Waals surface area contributed by atoms with Gasteiger partial charge >= 0.3 is 5.97 Å². The number of methoxy groups -OCH3 is 1. The second-order valence-corrected chi connectivity index (χ2v) is 3.72. The second-order valence-electron chi connectivity index (χ2n) is 3.72. The summed E-state index contributed by atoms with van der Waals surface area (Å²) in [5.74, 6) is -0.600. The molecule has 0 atom stereocenters. The average molecular weight is 256 g/mol. The highest BCUT2D eigenvalue weighted by Gasteiger charge is 2.11. The molecule has 2 aromatic rings. The lowest BCUT2D eigenvalue weighted by atomic mass is 10.2. The summed E-state index contributed by atoms with van der Waals surface area (Å²) in [5.41, 5.74) is 1.01. The Morgan fingerprint density at radius 2 is 1.84 bits per heavy atom. The highest BCUT2D eigenvalue weighted by atomic mass is 16.5. The van der Waals surface area contributed by atoms with Gasteiger partial charge < -0.3 is 9.84 Å². The summed E-state index contributed by atoms with van der Waals surface area (Å²) < 4.78 is 4.99. The lowest BCUT2D eigenvalue weighted by Crippen LogP contribution is -1.97. The molecule has 0 spiro atoms. The molecule has 2 rings (SSSR count). The summed E-state index contributed by atoms with van der Waals surface area (Å²) in [6.45, 7) is 0. The zero-order chi connectivity index (χ0) is 13.7. The van der Waals surface area contributed by atoms with Gasteiger partial charge in [0.25, 0.3) is 0 Å². The van der Waals surface area contributed by atoms with E-state index in [-0.39, 0.29) is 11.3 Å². The molecule has 0 amide bonds. The van der Waals surface area contributed by atoms with Crippen LogP contribution in [0.2, 0.25) is 0 Å². The van der Waals surface area contributed by atoms with Crippen LogP contribution in [0.25, 0.3) is 0 Å². The first-order valence-electron chi connectivity index (χ1n) is 5.59. The van der Waals surface area contributed by atoms with Gasteiger partial charge in [-0.1, -0.05) is 18.2 Å². The molecule has 5 heteroatoms. The van der Waals surface area contributed by atoms with Crippen LogP contribution in [0.4, 0.5) is 11.4 Å². The molecule has 96 valence electrons. The summed E-state index contributed by atoms with van der Waals surface area (Å²) in [6, 6.07) is 13.7. The van der Waals surface area contributed by atoms with Crippen LogP contribution < -0.4 is 4.74 Å². The number of rotatable bonds is 4. The predicted molar refractivity (Wildman–Crippen MR) is 70.6 cm³/mol. The number of aromatic carboxylic acids is 1. The first-order valence-corrected chi connectivity index (χ1v) is 5.59. The molecule has 0 fully saturated rings. The van der Waals surface area contributed by atoms with Gasteiger partial charge in [0.15, 0.2) is 0 Å². The number of azo groups is 1. The Kier molecular flexibility index (Phi) is 3.87. The van der Waals surface area contributed by atoms with Crippen molar-refractivity contribution in [2.24, 2.45) is 10.2 Å². The van der Waals surface area contributed by atoms with Gasteiger partial charge in [-0.05, 0) is 30.3 Å². The van der Waals surface area contributed by atoms with Crippen LogP contribution >= 0.6 is 0 Å². The molecular weight excluding hydrogens is 244 g/mol. The van der Waals surface area contributed by atoms with Crippen molar-refractivity contribution in [2.75, 3.05) is 7.11 Å². The Morgan fingerprint density at radius 1 is 1.11 bits per heavy atom.